The van der Waals surface area contributed by atoms with Gasteiger partial charge in [0.2, 0.25) is 0 Å². The molecular formula is C5H10O3S. The van der Waals surface area contributed by atoms with Crippen LogP contribution in [0.15, 0.2) is 11.5 Å². The van der Waals surface area contributed by atoms with Crippen molar-refractivity contribution in [1.82, 2.24) is 0 Å². The van der Waals surface area contributed by atoms with E-state index >= 15 is 0 Å². The predicted molar refractivity (Wildman–Crippen MR) is 35.6 cm³/mol. The predicted octanol–water partition coefficient (Wildman–Crippen LogP) is 1.19. The average Bonchev–Trinajstić information content (AvgIpc) is 1.64. The molecule has 0 heterocycles. The second kappa shape index (κ2) is 2.98. The van der Waals surface area contributed by atoms with Gasteiger partial charge in [-0.3, -0.25) is 4.55 Å². The summed E-state index contributed by atoms with van der Waals surface area (Å²) in [6.07, 6.45) is 1.01. The SMILES string of the molecule is C=C(CCC)S(=O)(=O)O. The van der Waals surface area contributed by atoms with Crippen LogP contribution in [0.1, 0.15) is 19.8 Å². The fourth-order valence-electron chi connectivity index (χ4n) is 0.408. The van der Waals surface area contributed by atoms with Crippen LogP contribution in [0.3, 0.4) is 0 Å². The first-order chi connectivity index (χ1) is 3.98. The van der Waals surface area contributed by atoms with Crippen LogP contribution >= 0.6 is 0 Å². The Kier molecular flexibility index (Phi) is 2.87. The number of hydrogen-bond acceptors (Lipinski definition) is 2. The third-order valence-electron chi connectivity index (χ3n) is 0.894. The van der Waals surface area contributed by atoms with E-state index in [0.29, 0.717) is 12.8 Å². The molecule has 0 amide bonds. The molecule has 0 atom stereocenters. The van der Waals surface area contributed by atoms with Crippen LogP contribution in [0.5, 0.6) is 0 Å². The van der Waals surface area contributed by atoms with Gasteiger partial charge < -0.3 is 0 Å². The van der Waals surface area contributed by atoms with Gasteiger partial charge in [-0.2, -0.15) is 8.42 Å². The van der Waals surface area contributed by atoms with E-state index in [1.165, 1.54) is 0 Å². The summed E-state index contributed by atoms with van der Waals surface area (Å²) < 4.78 is 28.6. The normalized spacial score (nSPS) is 11.3. The van der Waals surface area contributed by atoms with E-state index in [4.69, 9.17) is 4.55 Å². The lowest BCUT2D eigenvalue weighted by molar-refractivity contribution is 0.489. The van der Waals surface area contributed by atoms with Gasteiger partial charge in [0.1, 0.15) is 0 Å². The highest BCUT2D eigenvalue weighted by Crippen LogP contribution is 2.07. The van der Waals surface area contributed by atoms with Crippen molar-refractivity contribution in [3.05, 3.63) is 11.5 Å². The van der Waals surface area contributed by atoms with Crippen molar-refractivity contribution >= 4 is 10.1 Å². The fraction of sp³-hybridized carbons (Fsp3) is 0.600. The van der Waals surface area contributed by atoms with Gasteiger partial charge in [-0.1, -0.05) is 19.9 Å². The van der Waals surface area contributed by atoms with E-state index in [9.17, 15) is 8.42 Å². The molecule has 0 rings (SSSR count). The monoisotopic (exact) mass is 150 g/mol. The van der Waals surface area contributed by atoms with E-state index < -0.39 is 10.1 Å². The summed E-state index contributed by atoms with van der Waals surface area (Å²) in [5.41, 5.74) is 0. The maximum Gasteiger partial charge on any atom is 0.290 e. The van der Waals surface area contributed by atoms with Gasteiger partial charge in [0.05, 0.1) is 4.91 Å². The Bertz CT molecular complexity index is 190. The maximum atomic E-state index is 10.2. The van der Waals surface area contributed by atoms with Gasteiger partial charge >= 0.3 is 0 Å². The second-order valence-electron chi connectivity index (χ2n) is 1.76. The Morgan fingerprint density at radius 2 is 2.11 bits per heavy atom. The number of hydrogen-bond donors (Lipinski definition) is 1. The van der Waals surface area contributed by atoms with Gasteiger partial charge in [0, 0.05) is 0 Å². The largest absolute Gasteiger partial charge is 0.290 e. The van der Waals surface area contributed by atoms with E-state index in [1.54, 1.807) is 0 Å². The molecule has 0 spiro atoms. The highest BCUT2D eigenvalue weighted by atomic mass is 32.2. The second-order valence-corrected chi connectivity index (χ2v) is 3.29. The molecule has 0 aliphatic rings. The minimum absolute atomic E-state index is 0.106. The maximum absolute atomic E-state index is 10.2. The van der Waals surface area contributed by atoms with Gasteiger partial charge in [-0.25, -0.2) is 0 Å². The van der Waals surface area contributed by atoms with Crippen molar-refractivity contribution in [3.63, 3.8) is 0 Å². The van der Waals surface area contributed by atoms with Crippen molar-refractivity contribution in [3.8, 4) is 0 Å². The van der Waals surface area contributed by atoms with Crippen LogP contribution in [0.2, 0.25) is 0 Å². The molecule has 0 bridgehead atoms. The Balaban J connectivity index is 4.08. The highest BCUT2D eigenvalue weighted by Gasteiger charge is 2.07. The molecule has 0 aromatic rings. The molecule has 0 aliphatic carbocycles. The fourth-order valence-corrected chi connectivity index (χ4v) is 0.870. The average molecular weight is 150 g/mol. The van der Waals surface area contributed by atoms with Crippen molar-refractivity contribution in [2.45, 2.75) is 19.8 Å². The summed E-state index contributed by atoms with van der Waals surface area (Å²) in [5, 5.41) is 0. The van der Waals surface area contributed by atoms with Crippen molar-refractivity contribution in [1.29, 1.82) is 0 Å². The molecule has 0 aromatic carbocycles. The molecule has 0 aromatic heterocycles. The van der Waals surface area contributed by atoms with Crippen LogP contribution in [0.25, 0.3) is 0 Å². The molecule has 0 saturated carbocycles. The molecule has 1 N–H and O–H groups in total. The molecule has 0 radical (unpaired) electrons. The smallest absolute Gasteiger partial charge is 0.282 e. The molecule has 4 heteroatoms. The number of rotatable bonds is 3. The molecule has 3 nitrogen and oxygen atoms in total. The molecule has 0 fully saturated rings. The van der Waals surface area contributed by atoms with Crippen LogP contribution < -0.4 is 0 Å². The lowest BCUT2D eigenvalue weighted by Crippen LogP contribution is -1.99. The van der Waals surface area contributed by atoms with Crippen LogP contribution in [-0.2, 0) is 10.1 Å². The quantitative estimate of drug-likeness (QED) is 0.615. The Hall–Kier alpha value is -0.350. The van der Waals surface area contributed by atoms with E-state index in [1.807, 2.05) is 6.92 Å². The molecule has 9 heavy (non-hydrogen) atoms. The molecule has 54 valence electrons. The van der Waals surface area contributed by atoms with E-state index in [-0.39, 0.29) is 4.91 Å². The van der Waals surface area contributed by atoms with Crippen molar-refractivity contribution in [2.75, 3.05) is 0 Å². The minimum atomic E-state index is -3.96. The van der Waals surface area contributed by atoms with E-state index in [0.717, 1.165) is 0 Å². The Morgan fingerprint density at radius 1 is 1.67 bits per heavy atom. The van der Waals surface area contributed by atoms with Gasteiger partial charge in [-0.15, -0.1) is 0 Å². The Morgan fingerprint density at radius 3 is 2.22 bits per heavy atom. The molecule has 0 aliphatic heterocycles. The standard InChI is InChI=1S/C5H10O3S/c1-3-4-5(2)9(6,7)8/h2-4H2,1H3,(H,6,7,8). The zero-order chi connectivity index (χ0) is 7.49. The number of allylic oxidation sites excluding steroid dienone is 1. The molecule has 0 unspecified atom stereocenters. The highest BCUT2D eigenvalue weighted by molar-refractivity contribution is 7.89. The van der Waals surface area contributed by atoms with E-state index in [2.05, 4.69) is 6.58 Å². The topological polar surface area (TPSA) is 54.4 Å². The summed E-state index contributed by atoms with van der Waals surface area (Å²) in [7, 11) is -3.96. The van der Waals surface area contributed by atoms with Crippen LogP contribution in [0, 0.1) is 0 Å². The van der Waals surface area contributed by atoms with Crippen molar-refractivity contribution < 1.29 is 13.0 Å². The van der Waals surface area contributed by atoms with Gasteiger partial charge in [0.15, 0.2) is 0 Å². The minimum Gasteiger partial charge on any atom is -0.282 e. The lowest BCUT2D eigenvalue weighted by atomic mass is 10.3. The van der Waals surface area contributed by atoms with Gasteiger partial charge in [0.25, 0.3) is 10.1 Å². The summed E-state index contributed by atoms with van der Waals surface area (Å²) >= 11 is 0. The van der Waals surface area contributed by atoms with Crippen LogP contribution in [0.4, 0.5) is 0 Å². The summed E-state index contributed by atoms with van der Waals surface area (Å²) in [4.78, 5) is -0.106. The molecule has 0 saturated heterocycles. The van der Waals surface area contributed by atoms with Crippen molar-refractivity contribution in [2.24, 2.45) is 0 Å². The summed E-state index contributed by atoms with van der Waals surface area (Å²) in [5.74, 6) is 0. The summed E-state index contributed by atoms with van der Waals surface area (Å²) in [6, 6.07) is 0. The van der Waals surface area contributed by atoms with Gasteiger partial charge in [-0.05, 0) is 6.42 Å². The first-order valence-electron chi connectivity index (χ1n) is 2.63. The lowest BCUT2D eigenvalue weighted by Gasteiger charge is -1.95. The Labute approximate surface area is 55.1 Å². The summed E-state index contributed by atoms with van der Waals surface area (Å²) in [6.45, 7) is 4.99. The first kappa shape index (κ1) is 8.65. The zero-order valence-electron chi connectivity index (χ0n) is 5.29. The third-order valence-corrected chi connectivity index (χ3v) is 1.83. The zero-order valence-corrected chi connectivity index (χ0v) is 6.11. The van der Waals surface area contributed by atoms with Crippen LogP contribution in [-0.4, -0.2) is 13.0 Å². The third kappa shape index (κ3) is 3.26. The molecular weight excluding hydrogens is 140 g/mol. The first-order valence-corrected chi connectivity index (χ1v) is 4.07.